The number of hydrogen-bond donors (Lipinski definition) is 0. The van der Waals surface area contributed by atoms with Crippen LogP contribution in [0, 0.1) is 11.8 Å². The minimum atomic E-state index is 0. The fraction of sp³-hybridized carbons (Fsp3) is 0.765. The first-order chi connectivity index (χ1) is 7.58. The van der Waals surface area contributed by atoms with E-state index in [2.05, 4.69) is 39.8 Å². The zero-order valence-electron chi connectivity index (χ0n) is 11.6. The molecule has 100 valence electrons. The van der Waals surface area contributed by atoms with E-state index < -0.39 is 0 Å². The minimum Gasteiger partial charge on any atom is -0.0853 e. The molecule has 0 aromatic carbocycles. The molecule has 0 aromatic rings. The van der Waals surface area contributed by atoms with Crippen LogP contribution in [0.25, 0.3) is 0 Å². The molecule has 0 aromatic heterocycles. The van der Waals surface area contributed by atoms with Gasteiger partial charge in [0.25, 0.3) is 0 Å². The van der Waals surface area contributed by atoms with Crippen molar-refractivity contribution in [3.05, 3.63) is 23.3 Å². The molecule has 17 heavy (non-hydrogen) atoms. The van der Waals surface area contributed by atoms with Gasteiger partial charge in [-0.3, -0.25) is 0 Å². The van der Waals surface area contributed by atoms with E-state index >= 15 is 0 Å². The summed E-state index contributed by atoms with van der Waals surface area (Å²) < 4.78 is 0. The first-order valence-electron chi connectivity index (χ1n) is 6.89. The summed E-state index contributed by atoms with van der Waals surface area (Å²) in [6.07, 6.45) is 12.8. The van der Waals surface area contributed by atoms with Crippen molar-refractivity contribution in [2.45, 2.75) is 73.6 Å². The normalized spacial score (nSPS) is 28.0. The van der Waals surface area contributed by atoms with Gasteiger partial charge < -0.3 is 0 Å². The highest BCUT2D eigenvalue weighted by atomic mass is 14.1. The molecule has 0 amide bonds. The molecule has 0 fully saturated rings. The highest BCUT2D eigenvalue weighted by Gasteiger charge is 2.05. The Bertz CT molecular complexity index is 229. The van der Waals surface area contributed by atoms with Gasteiger partial charge >= 0.3 is 0 Å². The van der Waals surface area contributed by atoms with E-state index in [1.54, 1.807) is 11.1 Å². The molecule has 0 spiro atoms. The van der Waals surface area contributed by atoms with Crippen LogP contribution in [0.2, 0.25) is 0 Å². The van der Waals surface area contributed by atoms with Crippen molar-refractivity contribution in [2.75, 3.05) is 0 Å². The summed E-state index contributed by atoms with van der Waals surface area (Å²) in [6, 6.07) is 0. The zero-order chi connectivity index (χ0) is 12.0. The molecule has 0 radical (unpaired) electrons. The van der Waals surface area contributed by atoms with E-state index in [0.717, 1.165) is 11.8 Å². The summed E-state index contributed by atoms with van der Waals surface area (Å²) in [4.78, 5) is 0. The van der Waals surface area contributed by atoms with Crippen molar-refractivity contribution in [2.24, 2.45) is 11.8 Å². The van der Waals surface area contributed by atoms with Crippen LogP contribution in [-0.4, -0.2) is 0 Å². The summed E-state index contributed by atoms with van der Waals surface area (Å²) in [5, 5.41) is 0. The molecular formula is C17H32. The Morgan fingerprint density at radius 2 is 1.18 bits per heavy atom. The second kappa shape index (κ2) is 8.55. The van der Waals surface area contributed by atoms with Crippen molar-refractivity contribution < 1.29 is 0 Å². The van der Waals surface area contributed by atoms with Crippen LogP contribution < -0.4 is 0 Å². The lowest BCUT2D eigenvalue weighted by atomic mass is 9.92. The highest BCUT2D eigenvalue weighted by molar-refractivity contribution is 5.02. The van der Waals surface area contributed by atoms with Gasteiger partial charge in [-0.25, -0.2) is 0 Å². The lowest BCUT2D eigenvalue weighted by molar-refractivity contribution is 0.514. The van der Waals surface area contributed by atoms with Gasteiger partial charge in [-0.05, 0) is 64.2 Å². The predicted molar refractivity (Wildman–Crippen MR) is 80.3 cm³/mol. The maximum absolute atomic E-state index is 2.37. The van der Waals surface area contributed by atoms with Gasteiger partial charge in [0.05, 0.1) is 0 Å². The van der Waals surface area contributed by atoms with Crippen molar-refractivity contribution in [3.8, 4) is 0 Å². The van der Waals surface area contributed by atoms with E-state index in [1.165, 1.54) is 38.5 Å². The molecule has 2 atom stereocenters. The standard InChI is InChI=1S/2C8H14.CH4/c2*1-7-3-5-8(2)6-4-7;/h2*3,8H,4-6H2,1-2H3;1H4. The maximum atomic E-state index is 2.37. The molecule has 2 aliphatic carbocycles. The molecule has 2 rings (SSSR count). The number of hydrogen-bond acceptors (Lipinski definition) is 0. The van der Waals surface area contributed by atoms with E-state index in [1.807, 2.05) is 0 Å². The summed E-state index contributed by atoms with van der Waals surface area (Å²) in [5.74, 6) is 1.89. The van der Waals surface area contributed by atoms with Crippen LogP contribution in [0.3, 0.4) is 0 Å². The average molecular weight is 236 g/mol. The highest BCUT2D eigenvalue weighted by Crippen LogP contribution is 2.22. The van der Waals surface area contributed by atoms with Crippen molar-refractivity contribution in [1.29, 1.82) is 0 Å². The average Bonchev–Trinajstić information content (AvgIpc) is 2.28. The monoisotopic (exact) mass is 236 g/mol. The van der Waals surface area contributed by atoms with Crippen LogP contribution >= 0.6 is 0 Å². The summed E-state index contributed by atoms with van der Waals surface area (Å²) in [7, 11) is 0. The molecule has 0 aliphatic heterocycles. The number of allylic oxidation sites excluding steroid dienone is 4. The van der Waals surface area contributed by atoms with Gasteiger partial charge in [-0.1, -0.05) is 44.6 Å². The van der Waals surface area contributed by atoms with E-state index in [9.17, 15) is 0 Å². The molecule has 2 unspecified atom stereocenters. The molecule has 0 bridgehead atoms. The quantitative estimate of drug-likeness (QED) is 0.443. The van der Waals surface area contributed by atoms with Crippen molar-refractivity contribution >= 4 is 0 Å². The first kappa shape index (κ1) is 16.5. The smallest absolute Gasteiger partial charge is 0.0320 e. The Balaban J connectivity index is 0.000000284. The molecular weight excluding hydrogens is 204 g/mol. The lowest BCUT2D eigenvalue weighted by Crippen LogP contribution is -1.98. The molecule has 0 saturated carbocycles. The van der Waals surface area contributed by atoms with Gasteiger partial charge in [-0.15, -0.1) is 0 Å². The Morgan fingerprint density at radius 3 is 1.35 bits per heavy atom. The minimum absolute atomic E-state index is 0. The Hall–Kier alpha value is -0.520. The van der Waals surface area contributed by atoms with Crippen molar-refractivity contribution in [3.63, 3.8) is 0 Å². The third kappa shape index (κ3) is 7.41. The van der Waals surface area contributed by atoms with Crippen LogP contribution in [0.15, 0.2) is 23.3 Å². The first-order valence-corrected chi connectivity index (χ1v) is 6.89. The largest absolute Gasteiger partial charge is 0.0853 e. The van der Waals surface area contributed by atoms with E-state index in [0.29, 0.717) is 0 Å². The van der Waals surface area contributed by atoms with Gasteiger partial charge in [0.1, 0.15) is 0 Å². The Morgan fingerprint density at radius 1 is 0.824 bits per heavy atom. The van der Waals surface area contributed by atoms with Crippen LogP contribution in [0.5, 0.6) is 0 Å². The second-order valence-corrected chi connectivity index (χ2v) is 5.86. The van der Waals surface area contributed by atoms with Crippen molar-refractivity contribution in [1.82, 2.24) is 0 Å². The molecule has 0 heterocycles. The lowest BCUT2D eigenvalue weighted by Gasteiger charge is -2.14. The van der Waals surface area contributed by atoms with Crippen LogP contribution in [-0.2, 0) is 0 Å². The summed E-state index contributed by atoms with van der Waals surface area (Å²) >= 11 is 0. The Kier molecular flexibility index (Phi) is 8.29. The summed E-state index contributed by atoms with van der Waals surface area (Å²) in [6.45, 7) is 9.10. The SMILES string of the molecule is C.CC1=CCC(C)CC1.CC1=CCC(C)CC1. The van der Waals surface area contributed by atoms with E-state index in [-0.39, 0.29) is 7.43 Å². The fourth-order valence-corrected chi connectivity index (χ4v) is 2.19. The third-order valence-corrected chi connectivity index (χ3v) is 3.80. The fourth-order valence-electron chi connectivity index (χ4n) is 2.19. The molecule has 0 N–H and O–H groups in total. The number of rotatable bonds is 0. The third-order valence-electron chi connectivity index (χ3n) is 3.80. The molecule has 0 heteroatoms. The van der Waals surface area contributed by atoms with Crippen LogP contribution in [0.4, 0.5) is 0 Å². The molecule has 0 saturated heterocycles. The predicted octanol–water partition coefficient (Wildman–Crippen LogP) is 6.14. The molecule has 2 aliphatic rings. The maximum Gasteiger partial charge on any atom is -0.0320 e. The Labute approximate surface area is 109 Å². The van der Waals surface area contributed by atoms with Gasteiger partial charge in [0.15, 0.2) is 0 Å². The van der Waals surface area contributed by atoms with E-state index in [4.69, 9.17) is 0 Å². The van der Waals surface area contributed by atoms with Gasteiger partial charge in [0.2, 0.25) is 0 Å². The van der Waals surface area contributed by atoms with Gasteiger partial charge in [0, 0.05) is 0 Å². The second-order valence-electron chi connectivity index (χ2n) is 5.86. The summed E-state index contributed by atoms with van der Waals surface area (Å²) in [5.41, 5.74) is 3.17. The van der Waals surface area contributed by atoms with Gasteiger partial charge in [-0.2, -0.15) is 0 Å². The topological polar surface area (TPSA) is 0 Å². The molecule has 0 nitrogen and oxygen atoms in total. The van der Waals surface area contributed by atoms with Crippen LogP contribution in [0.1, 0.15) is 73.6 Å². The zero-order valence-corrected chi connectivity index (χ0v) is 11.6.